The van der Waals surface area contributed by atoms with E-state index in [2.05, 4.69) is 65.8 Å². The quantitative estimate of drug-likeness (QED) is 0.446. The van der Waals surface area contributed by atoms with Crippen molar-refractivity contribution >= 4 is 0 Å². The Balaban J connectivity index is 1.79. The van der Waals surface area contributed by atoms with E-state index in [9.17, 15) is 0 Å². The van der Waals surface area contributed by atoms with Crippen molar-refractivity contribution in [1.82, 2.24) is 4.57 Å². The fourth-order valence-corrected chi connectivity index (χ4v) is 3.00. The summed E-state index contributed by atoms with van der Waals surface area (Å²) in [5, 5.41) is 0. The Kier molecular flexibility index (Phi) is 7.21. The molecule has 0 aliphatic rings. The van der Waals surface area contributed by atoms with Crippen LogP contribution < -0.4 is 4.57 Å². The Labute approximate surface area is 135 Å². The monoisotopic (exact) mass is 299 g/mol. The Morgan fingerprint density at radius 3 is 2.32 bits per heavy atom. The molecule has 0 bridgehead atoms. The first-order chi connectivity index (χ1) is 10.8. The maximum absolute atomic E-state index is 2.43. The molecule has 0 fully saturated rings. The number of unbranched alkanes of at least 4 members (excludes halogenated alkanes) is 6. The van der Waals surface area contributed by atoms with E-state index in [0.717, 1.165) is 13.0 Å². The van der Waals surface area contributed by atoms with Crippen LogP contribution in [0.25, 0.3) is 0 Å². The topological polar surface area (TPSA) is 8.81 Å². The highest BCUT2D eigenvalue weighted by Gasteiger charge is 2.14. The third-order valence-electron chi connectivity index (χ3n) is 4.42. The zero-order chi connectivity index (χ0) is 15.6. The van der Waals surface area contributed by atoms with Crippen LogP contribution in [0.3, 0.4) is 0 Å². The molecule has 0 saturated heterocycles. The summed E-state index contributed by atoms with van der Waals surface area (Å²) in [7, 11) is 2.15. The van der Waals surface area contributed by atoms with Crippen molar-refractivity contribution in [3.05, 3.63) is 54.1 Å². The predicted molar refractivity (Wildman–Crippen MR) is 92.8 cm³/mol. The van der Waals surface area contributed by atoms with Gasteiger partial charge in [0.15, 0.2) is 0 Å². The van der Waals surface area contributed by atoms with Gasteiger partial charge in [-0.2, -0.15) is 0 Å². The lowest BCUT2D eigenvalue weighted by molar-refractivity contribution is -0.703. The minimum absolute atomic E-state index is 1.01. The minimum Gasteiger partial charge on any atom is -0.237 e. The van der Waals surface area contributed by atoms with Gasteiger partial charge in [0.1, 0.15) is 12.4 Å². The summed E-state index contributed by atoms with van der Waals surface area (Å²) >= 11 is 0. The zero-order valence-corrected chi connectivity index (χ0v) is 14.3. The van der Waals surface area contributed by atoms with Gasteiger partial charge in [-0.05, 0) is 18.4 Å². The van der Waals surface area contributed by atoms with Crippen molar-refractivity contribution in [3.63, 3.8) is 0 Å². The van der Waals surface area contributed by atoms with Crippen LogP contribution in [-0.4, -0.2) is 4.57 Å². The van der Waals surface area contributed by atoms with Crippen LogP contribution in [0, 0.1) is 0 Å². The lowest BCUT2D eigenvalue weighted by Gasteiger charge is -2.04. The van der Waals surface area contributed by atoms with E-state index in [0.29, 0.717) is 0 Å². The molecule has 0 unspecified atom stereocenters. The summed E-state index contributed by atoms with van der Waals surface area (Å²) in [4.78, 5) is 0. The maximum atomic E-state index is 2.43. The van der Waals surface area contributed by atoms with Gasteiger partial charge in [-0.25, -0.2) is 9.13 Å². The van der Waals surface area contributed by atoms with Crippen molar-refractivity contribution in [2.45, 2.75) is 64.8 Å². The Bertz CT molecular complexity index is 528. The molecule has 0 atom stereocenters. The molecule has 0 spiro atoms. The van der Waals surface area contributed by atoms with Crippen LogP contribution in [0.1, 0.15) is 63.3 Å². The second-order valence-corrected chi connectivity index (χ2v) is 6.30. The number of rotatable bonds is 10. The summed E-state index contributed by atoms with van der Waals surface area (Å²) in [5.74, 6) is 1.40. The molecule has 1 heterocycles. The molecule has 2 heteroatoms. The normalized spacial score (nSPS) is 11.0. The van der Waals surface area contributed by atoms with Crippen LogP contribution in [0.2, 0.25) is 0 Å². The minimum atomic E-state index is 1.01. The van der Waals surface area contributed by atoms with E-state index >= 15 is 0 Å². The van der Waals surface area contributed by atoms with Crippen molar-refractivity contribution in [2.75, 3.05) is 0 Å². The first-order valence-corrected chi connectivity index (χ1v) is 8.89. The molecular formula is C20H31N2+. The lowest BCUT2D eigenvalue weighted by Crippen LogP contribution is -2.37. The van der Waals surface area contributed by atoms with Gasteiger partial charge < -0.3 is 0 Å². The van der Waals surface area contributed by atoms with E-state index < -0.39 is 0 Å². The van der Waals surface area contributed by atoms with Gasteiger partial charge in [-0.1, -0.05) is 69.4 Å². The summed E-state index contributed by atoms with van der Waals surface area (Å²) in [6.07, 6.45) is 15.0. The summed E-state index contributed by atoms with van der Waals surface area (Å²) in [6.45, 7) is 3.43. The molecule has 0 aliphatic carbocycles. The highest BCUT2D eigenvalue weighted by molar-refractivity contribution is 5.17. The molecule has 2 aromatic rings. The van der Waals surface area contributed by atoms with Crippen LogP contribution >= 0.6 is 0 Å². The molecule has 1 aromatic carbocycles. The fourth-order valence-electron chi connectivity index (χ4n) is 3.00. The number of imidazole rings is 1. The Morgan fingerprint density at radius 1 is 0.909 bits per heavy atom. The number of nitrogens with zero attached hydrogens (tertiary/aromatic N) is 2. The van der Waals surface area contributed by atoms with E-state index in [1.807, 2.05) is 0 Å². The van der Waals surface area contributed by atoms with Crippen LogP contribution in [-0.2, 0) is 20.0 Å². The maximum Gasteiger partial charge on any atom is 0.260 e. The van der Waals surface area contributed by atoms with E-state index in [4.69, 9.17) is 0 Å². The molecule has 1 aromatic heterocycles. The van der Waals surface area contributed by atoms with Gasteiger partial charge >= 0.3 is 0 Å². The smallest absolute Gasteiger partial charge is 0.237 e. The third-order valence-corrected chi connectivity index (χ3v) is 4.42. The lowest BCUT2D eigenvalue weighted by atomic mass is 10.1. The van der Waals surface area contributed by atoms with Crippen molar-refractivity contribution in [3.8, 4) is 0 Å². The van der Waals surface area contributed by atoms with Crippen molar-refractivity contribution in [1.29, 1.82) is 0 Å². The second kappa shape index (κ2) is 9.45. The second-order valence-electron chi connectivity index (χ2n) is 6.30. The predicted octanol–water partition coefficient (Wildman–Crippen LogP) is 4.65. The molecule has 22 heavy (non-hydrogen) atoms. The third kappa shape index (κ3) is 5.32. The molecule has 0 aliphatic heterocycles. The van der Waals surface area contributed by atoms with Crippen molar-refractivity contribution < 1.29 is 4.57 Å². The van der Waals surface area contributed by atoms with Gasteiger partial charge in [-0.15, -0.1) is 0 Å². The average Bonchev–Trinajstić information content (AvgIpc) is 2.88. The molecule has 0 amide bonds. The standard InChI is InChI=1S/C20H31N2/c1-3-4-5-6-7-8-12-15-22-17-16-21(2)20(22)18-19-13-10-9-11-14-19/h9-11,13-14,16-17H,3-8,12,15,18H2,1-2H3/q+1. The first-order valence-electron chi connectivity index (χ1n) is 8.89. The molecule has 0 N–H and O–H groups in total. The highest BCUT2D eigenvalue weighted by Crippen LogP contribution is 2.08. The summed E-state index contributed by atoms with van der Waals surface area (Å²) < 4.78 is 4.69. The highest BCUT2D eigenvalue weighted by atomic mass is 15.1. The fraction of sp³-hybridized carbons (Fsp3) is 0.550. The largest absolute Gasteiger partial charge is 0.260 e. The molecule has 2 nitrogen and oxygen atoms in total. The van der Waals surface area contributed by atoms with E-state index in [1.54, 1.807) is 0 Å². The van der Waals surface area contributed by atoms with Crippen LogP contribution in [0.4, 0.5) is 0 Å². The summed E-state index contributed by atoms with van der Waals surface area (Å²) in [5.41, 5.74) is 1.39. The molecule has 0 saturated carbocycles. The van der Waals surface area contributed by atoms with Crippen LogP contribution in [0.15, 0.2) is 42.7 Å². The number of hydrogen-bond acceptors (Lipinski definition) is 0. The first kappa shape index (κ1) is 16.8. The number of hydrogen-bond donors (Lipinski definition) is 0. The van der Waals surface area contributed by atoms with Gasteiger partial charge in [0.2, 0.25) is 0 Å². The molecule has 2 rings (SSSR count). The number of aryl methyl sites for hydroxylation is 2. The van der Waals surface area contributed by atoms with Crippen LogP contribution in [0.5, 0.6) is 0 Å². The van der Waals surface area contributed by atoms with Gasteiger partial charge in [-0.3, -0.25) is 0 Å². The van der Waals surface area contributed by atoms with Gasteiger partial charge in [0, 0.05) is 0 Å². The van der Waals surface area contributed by atoms with E-state index in [1.165, 1.54) is 56.3 Å². The number of aromatic nitrogens is 2. The van der Waals surface area contributed by atoms with Gasteiger partial charge in [0.05, 0.1) is 20.0 Å². The zero-order valence-electron chi connectivity index (χ0n) is 14.3. The number of benzene rings is 1. The Hall–Kier alpha value is -1.57. The SMILES string of the molecule is CCCCCCCCC[n+]1ccn(C)c1Cc1ccccc1. The molecule has 120 valence electrons. The summed E-state index contributed by atoms with van der Waals surface area (Å²) in [6, 6.07) is 10.8. The van der Waals surface area contributed by atoms with Crippen molar-refractivity contribution in [2.24, 2.45) is 7.05 Å². The molecular weight excluding hydrogens is 268 g/mol. The Morgan fingerprint density at radius 2 is 1.59 bits per heavy atom. The van der Waals surface area contributed by atoms with E-state index in [-0.39, 0.29) is 0 Å². The van der Waals surface area contributed by atoms with Gasteiger partial charge in [0.25, 0.3) is 5.82 Å². The molecule has 0 radical (unpaired) electrons. The average molecular weight is 299 g/mol.